The Kier molecular flexibility index (Phi) is 4.30. The second kappa shape index (κ2) is 5.81. The van der Waals surface area contributed by atoms with E-state index in [9.17, 15) is 19.5 Å². The maximum Gasteiger partial charge on any atom is 0.410 e. The van der Waals surface area contributed by atoms with Gasteiger partial charge in [0.15, 0.2) is 0 Å². The summed E-state index contributed by atoms with van der Waals surface area (Å²) in [5, 5.41) is 9.54. The van der Waals surface area contributed by atoms with E-state index in [2.05, 4.69) is 0 Å². The van der Waals surface area contributed by atoms with Crippen LogP contribution in [0.3, 0.4) is 0 Å². The van der Waals surface area contributed by atoms with Crippen LogP contribution in [0.25, 0.3) is 0 Å². The predicted octanol–water partition coefficient (Wildman–Crippen LogP) is 1.68. The third-order valence-electron chi connectivity index (χ3n) is 4.64. The minimum atomic E-state index is -1.00. The summed E-state index contributed by atoms with van der Waals surface area (Å²) in [6.45, 7) is 1.92. The molecule has 2 fully saturated rings. The number of ether oxygens (including phenoxy) is 1. The molecule has 1 amide bonds. The van der Waals surface area contributed by atoms with Crippen LogP contribution in [-0.4, -0.2) is 47.0 Å². The number of carboxylic acid groups (broad SMARTS) is 1. The van der Waals surface area contributed by atoms with Crippen molar-refractivity contribution in [2.45, 2.75) is 51.1 Å². The Labute approximate surface area is 118 Å². The summed E-state index contributed by atoms with van der Waals surface area (Å²) in [5.41, 5.74) is 0. The van der Waals surface area contributed by atoms with Crippen molar-refractivity contribution in [2.24, 2.45) is 11.8 Å². The number of carboxylic acids is 1. The average molecular weight is 283 g/mol. The Morgan fingerprint density at radius 1 is 1.45 bits per heavy atom. The van der Waals surface area contributed by atoms with Crippen molar-refractivity contribution in [2.75, 3.05) is 7.11 Å². The Bertz CT molecular complexity index is 422. The molecule has 2 aliphatic rings. The molecule has 1 saturated carbocycles. The van der Waals surface area contributed by atoms with Crippen molar-refractivity contribution in [3.05, 3.63) is 0 Å². The lowest BCUT2D eigenvalue weighted by molar-refractivity contribution is -0.152. The minimum absolute atomic E-state index is 0.0724. The quantitative estimate of drug-likeness (QED) is 0.833. The van der Waals surface area contributed by atoms with Gasteiger partial charge >= 0.3 is 12.1 Å². The van der Waals surface area contributed by atoms with E-state index in [0.29, 0.717) is 32.1 Å². The van der Waals surface area contributed by atoms with Crippen LogP contribution in [0, 0.1) is 11.8 Å². The van der Waals surface area contributed by atoms with Gasteiger partial charge in [0.1, 0.15) is 11.8 Å². The van der Waals surface area contributed by atoms with Gasteiger partial charge in [0.25, 0.3) is 0 Å². The first-order valence-electron chi connectivity index (χ1n) is 7.10. The van der Waals surface area contributed by atoms with E-state index < -0.39 is 18.1 Å². The number of hydrogen-bond acceptors (Lipinski definition) is 4. The molecule has 2 rings (SSSR count). The van der Waals surface area contributed by atoms with Gasteiger partial charge in [-0.1, -0.05) is 6.92 Å². The number of hydrogen-bond donors (Lipinski definition) is 1. The molecule has 4 unspecified atom stereocenters. The fraction of sp³-hybridized carbons (Fsp3) is 0.786. The van der Waals surface area contributed by atoms with Crippen LogP contribution < -0.4 is 0 Å². The number of rotatable bonds is 2. The number of piperidine rings is 1. The lowest BCUT2D eigenvalue weighted by Crippen LogP contribution is -2.60. The molecule has 0 aromatic heterocycles. The van der Waals surface area contributed by atoms with Gasteiger partial charge in [-0.2, -0.15) is 0 Å². The Morgan fingerprint density at radius 2 is 2.15 bits per heavy atom. The Hall–Kier alpha value is -1.59. The molecule has 20 heavy (non-hydrogen) atoms. The third kappa shape index (κ3) is 2.51. The molecule has 0 aromatic carbocycles. The maximum absolute atomic E-state index is 12.0. The number of nitrogens with zero attached hydrogens (tertiary/aromatic N) is 1. The van der Waals surface area contributed by atoms with Gasteiger partial charge in [0.2, 0.25) is 0 Å². The monoisotopic (exact) mass is 283 g/mol. The zero-order valence-corrected chi connectivity index (χ0v) is 11.9. The molecule has 112 valence electrons. The number of fused-ring (bicyclic) bond motifs is 1. The van der Waals surface area contributed by atoms with Crippen molar-refractivity contribution >= 4 is 17.8 Å². The molecule has 6 nitrogen and oxygen atoms in total. The molecule has 1 saturated heterocycles. The highest BCUT2D eigenvalue weighted by Crippen LogP contribution is 2.42. The first kappa shape index (κ1) is 14.8. The van der Waals surface area contributed by atoms with Crippen molar-refractivity contribution in [3.8, 4) is 0 Å². The van der Waals surface area contributed by atoms with Crippen LogP contribution >= 0.6 is 0 Å². The Morgan fingerprint density at radius 3 is 2.70 bits per heavy atom. The molecule has 1 N–H and O–H groups in total. The number of amides is 1. The Balaban J connectivity index is 2.33. The number of aliphatic carboxylic acids is 1. The van der Waals surface area contributed by atoms with Crippen LogP contribution in [0.4, 0.5) is 4.79 Å². The van der Waals surface area contributed by atoms with Crippen molar-refractivity contribution in [1.29, 1.82) is 0 Å². The lowest BCUT2D eigenvalue weighted by atomic mass is 9.68. The van der Waals surface area contributed by atoms with Crippen LogP contribution in [0.5, 0.6) is 0 Å². The van der Waals surface area contributed by atoms with Crippen LogP contribution in [-0.2, 0) is 14.3 Å². The van der Waals surface area contributed by atoms with E-state index in [0.717, 1.165) is 0 Å². The van der Waals surface area contributed by atoms with E-state index >= 15 is 0 Å². The summed E-state index contributed by atoms with van der Waals surface area (Å²) in [7, 11) is 1.27. The topological polar surface area (TPSA) is 83.9 Å². The number of carbonyl (C=O) groups is 3. The molecule has 0 spiro atoms. The molecular weight excluding hydrogens is 262 g/mol. The second-order valence-corrected chi connectivity index (χ2v) is 5.66. The van der Waals surface area contributed by atoms with Crippen molar-refractivity contribution in [3.63, 3.8) is 0 Å². The molecule has 4 atom stereocenters. The van der Waals surface area contributed by atoms with Crippen molar-refractivity contribution in [1.82, 2.24) is 4.90 Å². The summed E-state index contributed by atoms with van der Waals surface area (Å²) < 4.78 is 4.76. The number of methoxy groups -OCH3 is 1. The predicted molar refractivity (Wildman–Crippen MR) is 70.2 cm³/mol. The number of likely N-dealkylation sites (tertiary alicyclic amines) is 1. The van der Waals surface area contributed by atoms with Crippen LogP contribution in [0.15, 0.2) is 0 Å². The normalized spacial score (nSPS) is 33.5. The smallest absolute Gasteiger partial charge is 0.410 e. The van der Waals surface area contributed by atoms with Gasteiger partial charge in [-0.15, -0.1) is 0 Å². The molecule has 0 radical (unpaired) electrons. The van der Waals surface area contributed by atoms with Crippen molar-refractivity contribution < 1.29 is 24.2 Å². The van der Waals surface area contributed by atoms with Gasteiger partial charge < -0.3 is 9.84 Å². The van der Waals surface area contributed by atoms with E-state index in [1.807, 2.05) is 6.92 Å². The molecule has 0 aromatic rings. The summed E-state index contributed by atoms with van der Waals surface area (Å²) in [6, 6.07) is -1.05. The van der Waals surface area contributed by atoms with E-state index in [-0.39, 0.29) is 23.7 Å². The summed E-state index contributed by atoms with van der Waals surface area (Å²) in [4.78, 5) is 36.6. The molecule has 0 bridgehead atoms. The fourth-order valence-corrected chi connectivity index (χ4v) is 3.71. The first-order valence-corrected chi connectivity index (χ1v) is 7.10. The molecule has 1 aliphatic heterocycles. The van der Waals surface area contributed by atoms with Gasteiger partial charge in [-0.25, -0.2) is 9.59 Å². The average Bonchev–Trinajstić information content (AvgIpc) is 2.43. The summed E-state index contributed by atoms with van der Waals surface area (Å²) >= 11 is 0. The van der Waals surface area contributed by atoms with Gasteiger partial charge in [-0.05, 0) is 31.1 Å². The highest BCUT2D eigenvalue weighted by atomic mass is 16.5. The summed E-state index contributed by atoms with van der Waals surface area (Å²) in [6.07, 6.45) is 2.17. The molecule has 6 heteroatoms. The zero-order chi connectivity index (χ0) is 14.9. The molecule has 1 heterocycles. The lowest BCUT2D eigenvalue weighted by Gasteiger charge is -2.48. The van der Waals surface area contributed by atoms with E-state index in [4.69, 9.17) is 4.74 Å². The van der Waals surface area contributed by atoms with E-state index in [1.165, 1.54) is 12.0 Å². The second-order valence-electron chi connectivity index (χ2n) is 5.66. The maximum atomic E-state index is 12.0. The van der Waals surface area contributed by atoms with Gasteiger partial charge in [0.05, 0.1) is 7.11 Å². The standard InChI is InChI=1S/C14H21NO5/c1-3-9-6-8-7-10(16)4-5-11(8)12(13(17)18)15(9)14(19)20-2/h8-9,11-12H,3-7H2,1-2H3,(H,17,18). The zero-order valence-electron chi connectivity index (χ0n) is 11.9. The highest BCUT2D eigenvalue weighted by Gasteiger charge is 2.50. The first-order chi connectivity index (χ1) is 9.49. The number of ketones is 1. The number of carbonyl (C=O) groups excluding carboxylic acids is 2. The number of Topliss-reactive ketones (excluding diaryl/α,β-unsaturated/α-hetero) is 1. The fourth-order valence-electron chi connectivity index (χ4n) is 3.71. The molecular formula is C14H21NO5. The van der Waals surface area contributed by atoms with Gasteiger partial charge in [-0.3, -0.25) is 9.69 Å². The minimum Gasteiger partial charge on any atom is -0.480 e. The summed E-state index contributed by atoms with van der Waals surface area (Å²) in [5.74, 6) is -0.870. The third-order valence-corrected chi connectivity index (χ3v) is 4.64. The van der Waals surface area contributed by atoms with Crippen LogP contribution in [0.2, 0.25) is 0 Å². The highest BCUT2D eigenvalue weighted by molar-refractivity contribution is 5.83. The van der Waals surface area contributed by atoms with Crippen LogP contribution in [0.1, 0.15) is 39.0 Å². The van der Waals surface area contributed by atoms with E-state index in [1.54, 1.807) is 0 Å². The van der Waals surface area contributed by atoms with Gasteiger partial charge in [0, 0.05) is 18.9 Å². The largest absolute Gasteiger partial charge is 0.480 e. The SMILES string of the molecule is CCC1CC2CC(=O)CCC2C(C(=O)O)N1C(=O)OC. The molecule has 1 aliphatic carbocycles.